The van der Waals surface area contributed by atoms with E-state index in [1.807, 2.05) is 26.0 Å². The summed E-state index contributed by atoms with van der Waals surface area (Å²) in [4.78, 5) is 0. The van der Waals surface area contributed by atoms with E-state index in [0.29, 0.717) is 10.9 Å². The summed E-state index contributed by atoms with van der Waals surface area (Å²) >= 11 is 0. The third-order valence-corrected chi connectivity index (χ3v) is 3.25. The molecule has 1 aromatic carbocycles. The highest BCUT2D eigenvalue weighted by molar-refractivity contribution is 5.83. The Balaban J connectivity index is 3.23. The minimum Gasteiger partial charge on any atom is -0.341 e. The molecule has 0 N–H and O–H groups in total. The molecule has 0 bridgehead atoms. The average Bonchev–Trinajstić information content (AvgIpc) is 2.58. The molecule has 0 atom stereocenters. The fourth-order valence-electron chi connectivity index (χ4n) is 2.33. The Morgan fingerprint density at radius 1 is 1.18 bits per heavy atom. The van der Waals surface area contributed by atoms with Crippen LogP contribution in [0.3, 0.4) is 0 Å². The zero-order valence-electron chi connectivity index (χ0n) is 10.4. The van der Waals surface area contributed by atoms with Crippen LogP contribution >= 0.6 is 0 Å². The quantitative estimate of drug-likeness (QED) is 0.660. The molecule has 2 rings (SSSR count). The number of nitrogens with zero attached hydrogens (tertiary/aromatic N) is 1. The fraction of sp³-hybridized carbons (Fsp3) is 0.286. The maximum Gasteiger partial charge on any atom is 0.153 e. The van der Waals surface area contributed by atoms with E-state index in [9.17, 15) is 8.78 Å². The topological polar surface area (TPSA) is 4.93 Å². The molecule has 0 radical (unpaired) electrons. The van der Waals surface area contributed by atoms with Crippen molar-refractivity contribution < 1.29 is 8.78 Å². The van der Waals surface area contributed by atoms with E-state index in [1.165, 1.54) is 13.0 Å². The van der Waals surface area contributed by atoms with Crippen LogP contribution < -0.4 is 10.6 Å². The van der Waals surface area contributed by atoms with Crippen LogP contribution in [0.1, 0.15) is 19.4 Å². The smallest absolute Gasteiger partial charge is 0.153 e. The number of hydrogen-bond donors (Lipinski definition) is 0. The molecule has 0 saturated heterocycles. The molecule has 1 heterocycles. The van der Waals surface area contributed by atoms with Gasteiger partial charge in [-0.3, -0.25) is 0 Å². The van der Waals surface area contributed by atoms with Gasteiger partial charge in [-0.1, -0.05) is 12.2 Å². The maximum atomic E-state index is 14.1. The molecule has 0 aliphatic rings. The van der Waals surface area contributed by atoms with Crippen molar-refractivity contribution in [2.75, 3.05) is 0 Å². The van der Waals surface area contributed by atoms with Gasteiger partial charge in [-0.15, -0.1) is 0 Å². The second-order valence-electron chi connectivity index (χ2n) is 4.13. The van der Waals surface area contributed by atoms with Crippen LogP contribution in [0.15, 0.2) is 6.07 Å². The molecular formula is C14H15F2N. The SMILES string of the molecule is C/C=c1\c(=C/C)n(C)c2c(F)c(C)c(F)cc12. The Morgan fingerprint density at radius 2 is 1.82 bits per heavy atom. The minimum atomic E-state index is -0.494. The van der Waals surface area contributed by atoms with Crippen molar-refractivity contribution >= 4 is 23.1 Å². The monoisotopic (exact) mass is 235 g/mol. The molecule has 2 aromatic rings. The zero-order chi connectivity index (χ0) is 12.7. The Hall–Kier alpha value is -1.64. The lowest BCUT2D eigenvalue weighted by Gasteiger charge is -2.03. The lowest BCUT2D eigenvalue weighted by Crippen LogP contribution is -2.26. The third-order valence-electron chi connectivity index (χ3n) is 3.25. The van der Waals surface area contributed by atoms with Crippen LogP contribution in [0.5, 0.6) is 0 Å². The van der Waals surface area contributed by atoms with Gasteiger partial charge in [0.1, 0.15) is 5.82 Å². The predicted octanol–water partition coefficient (Wildman–Crippen LogP) is 2.37. The number of aromatic nitrogens is 1. The van der Waals surface area contributed by atoms with Crippen LogP contribution in [0.25, 0.3) is 23.1 Å². The molecule has 0 saturated carbocycles. The summed E-state index contributed by atoms with van der Waals surface area (Å²) < 4.78 is 29.5. The highest BCUT2D eigenvalue weighted by atomic mass is 19.1. The fourth-order valence-corrected chi connectivity index (χ4v) is 2.33. The number of fused-ring (bicyclic) bond motifs is 1. The van der Waals surface area contributed by atoms with Crippen LogP contribution in [-0.4, -0.2) is 4.57 Å². The number of hydrogen-bond acceptors (Lipinski definition) is 0. The average molecular weight is 235 g/mol. The predicted molar refractivity (Wildman–Crippen MR) is 67.1 cm³/mol. The van der Waals surface area contributed by atoms with Gasteiger partial charge in [-0.25, -0.2) is 8.78 Å². The van der Waals surface area contributed by atoms with Crippen LogP contribution in [0.2, 0.25) is 0 Å². The molecule has 1 nitrogen and oxygen atoms in total. The van der Waals surface area contributed by atoms with Gasteiger partial charge in [0.2, 0.25) is 0 Å². The minimum absolute atomic E-state index is 0.0726. The van der Waals surface area contributed by atoms with Crippen molar-refractivity contribution in [3.63, 3.8) is 0 Å². The largest absolute Gasteiger partial charge is 0.341 e. The summed E-state index contributed by atoms with van der Waals surface area (Å²) in [5.74, 6) is -0.968. The van der Waals surface area contributed by atoms with Gasteiger partial charge in [0.25, 0.3) is 0 Å². The van der Waals surface area contributed by atoms with E-state index in [-0.39, 0.29) is 5.56 Å². The molecular weight excluding hydrogens is 220 g/mol. The molecule has 0 amide bonds. The summed E-state index contributed by atoms with van der Waals surface area (Å²) in [6, 6.07) is 1.41. The second-order valence-corrected chi connectivity index (χ2v) is 4.13. The lowest BCUT2D eigenvalue weighted by atomic mass is 10.1. The van der Waals surface area contributed by atoms with Crippen LogP contribution in [0.4, 0.5) is 8.78 Å². The highest BCUT2D eigenvalue weighted by Crippen LogP contribution is 2.20. The van der Waals surface area contributed by atoms with E-state index in [1.54, 1.807) is 11.6 Å². The van der Waals surface area contributed by atoms with Crippen molar-refractivity contribution in [3.05, 3.63) is 33.8 Å². The van der Waals surface area contributed by atoms with E-state index in [2.05, 4.69) is 0 Å². The Morgan fingerprint density at radius 3 is 2.35 bits per heavy atom. The van der Waals surface area contributed by atoms with Gasteiger partial charge in [-0.05, 0) is 26.8 Å². The van der Waals surface area contributed by atoms with Crippen molar-refractivity contribution in [2.45, 2.75) is 20.8 Å². The Labute approximate surface area is 98.7 Å². The second kappa shape index (κ2) is 3.99. The maximum absolute atomic E-state index is 14.1. The van der Waals surface area contributed by atoms with Gasteiger partial charge < -0.3 is 4.57 Å². The van der Waals surface area contributed by atoms with E-state index >= 15 is 0 Å². The Bertz CT molecular complexity index is 708. The summed E-state index contributed by atoms with van der Waals surface area (Å²) in [5, 5.41) is 2.41. The normalized spacial score (nSPS) is 14.0. The first-order chi connectivity index (χ1) is 8.02. The number of halogens is 2. The first-order valence-electron chi connectivity index (χ1n) is 5.58. The Kier molecular flexibility index (Phi) is 2.77. The van der Waals surface area contributed by atoms with Crippen LogP contribution in [0, 0.1) is 18.6 Å². The van der Waals surface area contributed by atoms with Crippen molar-refractivity contribution in [3.8, 4) is 0 Å². The first kappa shape index (κ1) is 11.8. The molecule has 3 heteroatoms. The summed E-state index contributed by atoms with van der Waals surface area (Å²) in [6.45, 7) is 5.22. The molecule has 17 heavy (non-hydrogen) atoms. The number of aryl methyl sites for hydroxylation is 1. The zero-order valence-corrected chi connectivity index (χ0v) is 10.4. The van der Waals surface area contributed by atoms with Crippen LogP contribution in [-0.2, 0) is 7.05 Å². The standard InChI is InChI=1S/C14H15F2N/c1-5-9-10-7-11(15)8(3)13(16)14(10)17(4)12(9)6-2/h5-7H,1-4H3/b9-5-,12-6+. The van der Waals surface area contributed by atoms with E-state index < -0.39 is 11.6 Å². The van der Waals surface area contributed by atoms with Crippen molar-refractivity contribution in [2.24, 2.45) is 7.05 Å². The first-order valence-corrected chi connectivity index (χ1v) is 5.58. The summed E-state index contributed by atoms with van der Waals surface area (Å²) in [7, 11) is 1.80. The number of benzene rings is 1. The van der Waals surface area contributed by atoms with Gasteiger partial charge in [0.15, 0.2) is 5.82 Å². The summed E-state index contributed by atoms with van der Waals surface area (Å²) in [5.41, 5.74) is 0.536. The highest BCUT2D eigenvalue weighted by Gasteiger charge is 2.14. The van der Waals surface area contributed by atoms with Crippen molar-refractivity contribution in [1.29, 1.82) is 0 Å². The van der Waals surface area contributed by atoms with Gasteiger partial charge >= 0.3 is 0 Å². The molecule has 0 aliphatic heterocycles. The van der Waals surface area contributed by atoms with Gasteiger partial charge in [-0.2, -0.15) is 0 Å². The molecule has 0 unspecified atom stereocenters. The molecule has 1 aromatic heterocycles. The van der Waals surface area contributed by atoms with Crippen molar-refractivity contribution in [1.82, 2.24) is 4.57 Å². The molecule has 90 valence electrons. The van der Waals surface area contributed by atoms with E-state index in [0.717, 1.165) is 10.6 Å². The van der Waals surface area contributed by atoms with Gasteiger partial charge in [0.05, 0.1) is 5.52 Å². The summed E-state index contributed by atoms with van der Waals surface area (Å²) in [6.07, 6.45) is 3.79. The molecule has 0 fully saturated rings. The number of rotatable bonds is 0. The lowest BCUT2D eigenvalue weighted by molar-refractivity contribution is 0.573. The molecule has 0 spiro atoms. The van der Waals surface area contributed by atoms with Gasteiger partial charge in [0, 0.05) is 28.6 Å². The third kappa shape index (κ3) is 1.49. The molecule has 0 aliphatic carbocycles. The van der Waals surface area contributed by atoms with E-state index in [4.69, 9.17) is 0 Å².